The molecule has 0 bridgehead atoms. The lowest BCUT2D eigenvalue weighted by molar-refractivity contribution is -0.139. The van der Waals surface area contributed by atoms with Gasteiger partial charge >= 0.3 is 5.97 Å². The molecule has 1 fully saturated rings. The van der Waals surface area contributed by atoms with Crippen molar-refractivity contribution in [2.45, 2.75) is 51.6 Å². The second-order valence-corrected chi connectivity index (χ2v) is 5.91. The smallest absolute Gasteiger partial charge is 0.304 e. The van der Waals surface area contributed by atoms with Crippen LogP contribution in [0.2, 0.25) is 0 Å². The van der Waals surface area contributed by atoms with E-state index < -0.39 is 5.97 Å². The summed E-state index contributed by atoms with van der Waals surface area (Å²) in [5.74, 6) is 0.169. The molecule has 1 heterocycles. The lowest BCUT2D eigenvalue weighted by Gasteiger charge is -2.40. The number of piperidine rings is 1. The van der Waals surface area contributed by atoms with E-state index >= 15 is 0 Å². The summed E-state index contributed by atoms with van der Waals surface area (Å²) in [7, 11) is 1.69. The number of rotatable bonds is 5. The molecule has 2 unspecified atom stereocenters. The second-order valence-electron chi connectivity index (χ2n) is 5.91. The summed E-state index contributed by atoms with van der Waals surface area (Å²) >= 11 is 0. The van der Waals surface area contributed by atoms with Gasteiger partial charge in [-0.15, -0.1) is 0 Å². The maximum Gasteiger partial charge on any atom is 0.304 e. The summed E-state index contributed by atoms with van der Waals surface area (Å²) in [6.07, 6.45) is 3.43. The Labute approximate surface area is 126 Å². The lowest BCUT2D eigenvalue weighted by atomic mass is 9.94. The molecule has 1 saturated heterocycles. The first kappa shape index (κ1) is 15.8. The Hall–Kier alpha value is -1.55. The summed E-state index contributed by atoms with van der Waals surface area (Å²) in [5.41, 5.74) is 2.35. The molecule has 2 rings (SSSR count). The van der Waals surface area contributed by atoms with Crippen LogP contribution in [0.4, 0.5) is 0 Å². The van der Waals surface area contributed by atoms with Gasteiger partial charge in [0.05, 0.1) is 13.5 Å². The number of carboxylic acid groups (broad SMARTS) is 1. The average Bonchev–Trinajstić information content (AvgIpc) is 2.46. The largest absolute Gasteiger partial charge is 0.496 e. The molecule has 1 aliphatic rings. The van der Waals surface area contributed by atoms with Crippen LogP contribution in [0.5, 0.6) is 5.75 Å². The first-order valence-corrected chi connectivity index (χ1v) is 7.65. The molecule has 0 amide bonds. The first-order chi connectivity index (χ1) is 10.0. The van der Waals surface area contributed by atoms with Gasteiger partial charge in [-0.25, -0.2) is 0 Å². The molecule has 4 nitrogen and oxygen atoms in total. The topological polar surface area (TPSA) is 49.8 Å². The number of aryl methyl sites for hydroxylation is 1. The summed E-state index contributed by atoms with van der Waals surface area (Å²) < 4.78 is 5.49. The normalized spacial score (nSPS) is 21.0. The highest BCUT2D eigenvalue weighted by molar-refractivity contribution is 5.67. The molecule has 2 atom stereocenters. The van der Waals surface area contributed by atoms with E-state index in [1.54, 1.807) is 7.11 Å². The van der Waals surface area contributed by atoms with E-state index in [0.29, 0.717) is 0 Å². The second kappa shape index (κ2) is 6.94. The van der Waals surface area contributed by atoms with Gasteiger partial charge in [0.25, 0.3) is 0 Å². The minimum absolute atomic E-state index is 0.122. The van der Waals surface area contributed by atoms with Crippen molar-refractivity contribution in [3.8, 4) is 5.75 Å². The highest BCUT2D eigenvalue weighted by atomic mass is 16.5. The lowest BCUT2D eigenvalue weighted by Crippen LogP contribution is -2.42. The van der Waals surface area contributed by atoms with Crippen LogP contribution in [0.1, 0.15) is 49.8 Å². The van der Waals surface area contributed by atoms with E-state index in [1.807, 2.05) is 12.1 Å². The predicted octanol–water partition coefficient (Wildman–Crippen LogP) is 3.39. The fourth-order valence-electron chi connectivity index (χ4n) is 3.31. The third-order valence-electron chi connectivity index (χ3n) is 4.42. The van der Waals surface area contributed by atoms with Crippen LogP contribution in [0.25, 0.3) is 0 Å². The number of ether oxygens (including phenoxy) is 1. The maximum absolute atomic E-state index is 11.1. The van der Waals surface area contributed by atoms with Crippen molar-refractivity contribution >= 4 is 5.97 Å². The van der Waals surface area contributed by atoms with E-state index in [0.717, 1.165) is 37.1 Å². The minimum Gasteiger partial charge on any atom is -0.496 e. The number of carbonyl (C=O) groups is 1. The molecule has 116 valence electrons. The number of hydrogen-bond donors (Lipinski definition) is 1. The van der Waals surface area contributed by atoms with E-state index in [1.165, 1.54) is 5.56 Å². The zero-order valence-electron chi connectivity index (χ0n) is 13.1. The van der Waals surface area contributed by atoms with Crippen LogP contribution in [0.3, 0.4) is 0 Å². The number of aliphatic carboxylic acids is 1. The first-order valence-electron chi connectivity index (χ1n) is 7.65. The van der Waals surface area contributed by atoms with Gasteiger partial charge in [0, 0.05) is 17.6 Å². The molecular weight excluding hydrogens is 266 g/mol. The quantitative estimate of drug-likeness (QED) is 0.903. The third kappa shape index (κ3) is 3.76. The molecule has 1 N–H and O–H groups in total. The summed E-state index contributed by atoms with van der Waals surface area (Å²) in [4.78, 5) is 13.4. The van der Waals surface area contributed by atoms with Crippen molar-refractivity contribution in [1.82, 2.24) is 4.90 Å². The molecular formula is C17H25NO3. The van der Waals surface area contributed by atoms with Crippen molar-refractivity contribution in [1.29, 1.82) is 0 Å². The minimum atomic E-state index is -0.713. The molecule has 21 heavy (non-hydrogen) atoms. The highest BCUT2D eigenvalue weighted by Crippen LogP contribution is 2.34. The van der Waals surface area contributed by atoms with Crippen molar-refractivity contribution in [2.24, 2.45) is 0 Å². The van der Waals surface area contributed by atoms with Crippen molar-refractivity contribution in [3.63, 3.8) is 0 Å². The maximum atomic E-state index is 11.1. The highest BCUT2D eigenvalue weighted by Gasteiger charge is 2.30. The predicted molar refractivity (Wildman–Crippen MR) is 82.7 cm³/mol. The molecule has 4 heteroatoms. The monoisotopic (exact) mass is 291 g/mol. The van der Waals surface area contributed by atoms with Crippen molar-refractivity contribution in [2.75, 3.05) is 13.7 Å². The molecule has 1 aromatic carbocycles. The van der Waals surface area contributed by atoms with Gasteiger partial charge in [-0.3, -0.25) is 9.69 Å². The van der Waals surface area contributed by atoms with E-state index in [9.17, 15) is 4.79 Å². The van der Waals surface area contributed by atoms with Gasteiger partial charge < -0.3 is 9.84 Å². The Kier molecular flexibility index (Phi) is 5.23. The van der Waals surface area contributed by atoms with Crippen LogP contribution >= 0.6 is 0 Å². The van der Waals surface area contributed by atoms with Crippen molar-refractivity contribution in [3.05, 3.63) is 29.3 Å². The van der Waals surface area contributed by atoms with Crippen LogP contribution in [0, 0.1) is 6.92 Å². The van der Waals surface area contributed by atoms with Gasteiger partial charge in [-0.2, -0.15) is 0 Å². The Morgan fingerprint density at radius 3 is 2.90 bits per heavy atom. The van der Waals surface area contributed by atoms with Crippen LogP contribution in [-0.4, -0.2) is 35.7 Å². The van der Waals surface area contributed by atoms with Gasteiger partial charge in [-0.05, 0) is 39.3 Å². The van der Waals surface area contributed by atoms with Gasteiger partial charge in [0.2, 0.25) is 0 Å². The standard InChI is InChI=1S/C17H25NO3/c1-12-7-8-16(21-3)15(10-12)13(2)18-9-5-4-6-14(18)11-17(19)20/h7-8,10,13-14H,4-6,9,11H2,1-3H3,(H,19,20). The van der Waals surface area contributed by atoms with E-state index in [-0.39, 0.29) is 18.5 Å². The number of methoxy groups -OCH3 is 1. The Balaban J connectivity index is 2.25. The molecule has 1 aromatic rings. The molecule has 0 radical (unpaired) electrons. The summed E-state index contributed by atoms with van der Waals surface area (Å²) in [6.45, 7) is 5.17. The molecule has 0 aliphatic carbocycles. The number of nitrogens with zero attached hydrogens (tertiary/aromatic N) is 1. The van der Waals surface area contributed by atoms with E-state index in [2.05, 4.69) is 24.8 Å². The van der Waals surface area contributed by atoms with Gasteiger partial charge in [-0.1, -0.05) is 24.1 Å². The van der Waals surface area contributed by atoms with Crippen LogP contribution in [0.15, 0.2) is 18.2 Å². The van der Waals surface area contributed by atoms with Crippen LogP contribution < -0.4 is 4.74 Å². The number of hydrogen-bond acceptors (Lipinski definition) is 3. The van der Waals surface area contributed by atoms with Crippen molar-refractivity contribution < 1.29 is 14.6 Å². The fourth-order valence-corrected chi connectivity index (χ4v) is 3.31. The number of carboxylic acids is 1. The molecule has 1 aliphatic heterocycles. The zero-order chi connectivity index (χ0) is 15.4. The molecule has 0 aromatic heterocycles. The fraction of sp³-hybridized carbons (Fsp3) is 0.588. The van der Waals surface area contributed by atoms with E-state index in [4.69, 9.17) is 9.84 Å². The third-order valence-corrected chi connectivity index (χ3v) is 4.42. The average molecular weight is 291 g/mol. The summed E-state index contributed by atoms with van der Waals surface area (Å²) in [5, 5.41) is 9.13. The molecule has 0 saturated carbocycles. The Morgan fingerprint density at radius 1 is 1.48 bits per heavy atom. The Bertz CT molecular complexity index is 501. The Morgan fingerprint density at radius 2 is 2.24 bits per heavy atom. The van der Waals surface area contributed by atoms with Crippen LogP contribution in [-0.2, 0) is 4.79 Å². The number of likely N-dealkylation sites (tertiary alicyclic amines) is 1. The zero-order valence-corrected chi connectivity index (χ0v) is 13.1. The summed E-state index contributed by atoms with van der Waals surface area (Å²) in [6, 6.07) is 6.48. The van der Waals surface area contributed by atoms with Gasteiger partial charge in [0.15, 0.2) is 0 Å². The SMILES string of the molecule is COc1ccc(C)cc1C(C)N1CCCCC1CC(=O)O. The van der Waals surface area contributed by atoms with Gasteiger partial charge in [0.1, 0.15) is 5.75 Å². The molecule has 0 spiro atoms. The number of benzene rings is 1.